The first-order chi connectivity index (χ1) is 9.81. The van der Waals surface area contributed by atoms with Crippen LogP contribution in [0.4, 0.5) is 4.79 Å². The highest BCUT2D eigenvalue weighted by molar-refractivity contribution is 5.66. The molecule has 0 aromatic rings. The van der Waals surface area contributed by atoms with E-state index in [0.29, 0.717) is 39.6 Å². The summed E-state index contributed by atoms with van der Waals surface area (Å²) in [6, 6.07) is 0. The number of carbonyl (C=O) groups is 1. The number of amides is 1. The lowest BCUT2D eigenvalue weighted by Gasteiger charge is -2.07. The molecule has 0 aromatic heterocycles. The largest absolute Gasteiger partial charge is 0.446 e. The van der Waals surface area contributed by atoms with Crippen molar-refractivity contribution in [2.45, 2.75) is 0 Å². The second kappa shape index (κ2) is 15.4. The van der Waals surface area contributed by atoms with Gasteiger partial charge in [-0.2, -0.15) is 5.53 Å². The maximum Gasteiger partial charge on any atom is 0.422 e. The van der Waals surface area contributed by atoms with Crippen LogP contribution in [0.1, 0.15) is 0 Å². The highest BCUT2D eigenvalue weighted by Gasteiger charge is 1.98. The van der Waals surface area contributed by atoms with Crippen molar-refractivity contribution < 1.29 is 23.7 Å². The SMILES string of the molecule is [N-]=[N+]=NCCOCCOCCOCCOC(=O)NNN. The van der Waals surface area contributed by atoms with Gasteiger partial charge < -0.3 is 18.9 Å². The summed E-state index contributed by atoms with van der Waals surface area (Å²) in [7, 11) is 0. The Morgan fingerprint density at radius 3 is 2.15 bits per heavy atom. The average molecular weight is 292 g/mol. The number of nitrogens with one attached hydrogen (secondary N) is 2. The van der Waals surface area contributed by atoms with Gasteiger partial charge in [0.1, 0.15) is 6.61 Å². The summed E-state index contributed by atoms with van der Waals surface area (Å²) in [6.07, 6.45) is -0.676. The van der Waals surface area contributed by atoms with Crippen LogP contribution in [0.15, 0.2) is 5.11 Å². The monoisotopic (exact) mass is 292 g/mol. The first-order valence-electron chi connectivity index (χ1n) is 5.93. The normalized spacial score (nSPS) is 9.85. The molecule has 0 heterocycles. The molecule has 0 rings (SSSR count). The van der Waals surface area contributed by atoms with Gasteiger partial charge in [0.05, 0.1) is 39.6 Å². The van der Waals surface area contributed by atoms with Gasteiger partial charge >= 0.3 is 6.09 Å². The van der Waals surface area contributed by atoms with E-state index in [2.05, 4.69) is 14.8 Å². The van der Waals surface area contributed by atoms with Crippen LogP contribution in [0, 0.1) is 0 Å². The van der Waals surface area contributed by atoms with E-state index in [1.54, 1.807) is 0 Å². The summed E-state index contributed by atoms with van der Waals surface area (Å²) in [5, 5.41) is 3.32. The van der Waals surface area contributed by atoms with Crippen molar-refractivity contribution in [3.63, 3.8) is 0 Å². The summed E-state index contributed by atoms with van der Waals surface area (Å²) in [5.74, 6) is 4.83. The number of carbonyl (C=O) groups excluding carboxylic acids is 1. The minimum Gasteiger partial charge on any atom is -0.446 e. The van der Waals surface area contributed by atoms with Crippen LogP contribution in [0.5, 0.6) is 0 Å². The van der Waals surface area contributed by atoms with Gasteiger partial charge in [0.25, 0.3) is 0 Å². The standard InChI is InChI=1S/C9H20N6O5/c10-14-12-1-2-17-3-4-18-5-6-19-7-8-20-9(16)13-15-11/h15H,1-8,11H2,(H,13,16). The van der Waals surface area contributed by atoms with Gasteiger partial charge in [0.15, 0.2) is 0 Å². The van der Waals surface area contributed by atoms with Crippen LogP contribution in [0.25, 0.3) is 10.4 Å². The molecule has 0 aliphatic heterocycles. The van der Waals surface area contributed by atoms with Crippen molar-refractivity contribution >= 4 is 6.09 Å². The Morgan fingerprint density at radius 1 is 1.05 bits per heavy atom. The van der Waals surface area contributed by atoms with E-state index in [9.17, 15) is 4.79 Å². The zero-order valence-corrected chi connectivity index (χ0v) is 11.1. The predicted molar refractivity (Wildman–Crippen MR) is 68.3 cm³/mol. The minimum absolute atomic E-state index is 0.121. The molecule has 0 fully saturated rings. The number of hydrogen-bond donors (Lipinski definition) is 3. The van der Waals surface area contributed by atoms with E-state index >= 15 is 0 Å². The molecule has 116 valence electrons. The third-order valence-electron chi connectivity index (χ3n) is 1.78. The summed E-state index contributed by atoms with van der Waals surface area (Å²) in [5.41, 5.74) is 12.0. The molecule has 11 nitrogen and oxygen atoms in total. The van der Waals surface area contributed by atoms with Crippen molar-refractivity contribution in [2.75, 3.05) is 52.8 Å². The Bertz CT molecular complexity index is 286. The zero-order chi connectivity index (χ0) is 14.9. The maximum absolute atomic E-state index is 10.7. The highest BCUT2D eigenvalue weighted by Crippen LogP contribution is 1.83. The van der Waals surface area contributed by atoms with Crippen molar-refractivity contribution in [1.29, 1.82) is 0 Å². The Kier molecular flexibility index (Phi) is 14.2. The Labute approximate surface area is 116 Å². The molecule has 11 heteroatoms. The average Bonchev–Trinajstić information content (AvgIpc) is 2.44. The molecule has 0 saturated carbocycles. The van der Waals surface area contributed by atoms with Gasteiger partial charge in [0.2, 0.25) is 0 Å². The fourth-order valence-electron chi connectivity index (χ4n) is 0.980. The van der Waals surface area contributed by atoms with Crippen molar-refractivity contribution in [3.05, 3.63) is 10.4 Å². The second-order valence-electron chi connectivity index (χ2n) is 3.20. The minimum atomic E-state index is -0.676. The summed E-state index contributed by atoms with van der Waals surface area (Å²) in [6.45, 7) is 2.74. The number of rotatable bonds is 13. The lowest BCUT2D eigenvalue weighted by Crippen LogP contribution is -2.42. The van der Waals surface area contributed by atoms with Crippen LogP contribution >= 0.6 is 0 Å². The first kappa shape index (κ1) is 18.4. The molecule has 1 amide bonds. The predicted octanol–water partition coefficient (Wildman–Crippen LogP) is -0.549. The van der Waals surface area contributed by atoms with E-state index in [1.807, 2.05) is 11.0 Å². The topological polar surface area (TPSA) is 153 Å². The number of azide groups is 1. The van der Waals surface area contributed by atoms with Crippen LogP contribution in [0.3, 0.4) is 0 Å². The molecular formula is C9H20N6O5. The van der Waals surface area contributed by atoms with E-state index in [0.717, 1.165) is 0 Å². The zero-order valence-electron chi connectivity index (χ0n) is 11.1. The number of hydrazine groups is 2. The molecule has 0 aliphatic carbocycles. The van der Waals surface area contributed by atoms with Gasteiger partial charge in [-0.1, -0.05) is 5.11 Å². The molecule has 0 radical (unpaired) electrons. The Hall–Kier alpha value is -1.62. The molecule has 0 aromatic carbocycles. The molecule has 4 N–H and O–H groups in total. The van der Waals surface area contributed by atoms with Crippen LogP contribution in [-0.2, 0) is 18.9 Å². The number of nitrogens with two attached hydrogens (primary N) is 1. The Morgan fingerprint density at radius 2 is 1.60 bits per heavy atom. The van der Waals surface area contributed by atoms with Crippen molar-refractivity contribution in [1.82, 2.24) is 11.0 Å². The lowest BCUT2D eigenvalue weighted by atomic mass is 10.7. The van der Waals surface area contributed by atoms with Crippen LogP contribution in [0.2, 0.25) is 0 Å². The third-order valence-corrected chi connectivity index (χ3v) is 1.78. The van der Waals surface area contributed by atoms with Gasteiger partial charge in [-0.05, 0) is 5.53 Å². The van der Waals surface area contributed by atoms with E-state index < -0.39 is 6.09 Å². The van der Waals surface area contributed by atoms with Gasteiger partial charge in [0, 0.05) is 11.5 Å². The summed E-state index contributed by atoms with van der Waals surface area (Å²) in [4.78, 5) is 13.3. The summed E-state index contributed by atoms with van der Waals surface area (Å²) >= 11 is 0. The van der Waals surface area contributed by atoms with E-state index in [-0.39, 0.29) is 13.2 Å². The van der Waals surface area contributed by atoms with Gasteiger partial charge in [-0.15, -0.1) is 0 Å². The smallest absolute Gasteiger partial charge is 0.422 e. The molecule has 0 atom stereocenters. The number of nitrogens with zero attached hydrogens (tertiary/aromatic N) is 3. The summed E-state index contributed by atoms with van der Waals surface area (Å²) < 4.78 is 20.1. The maximum atomic E-state index is 10.7. The fraction of sp³-hybridized carbons (Fsp3) is 0.889. The first-order valence-corrected chi connectivity index (χ1v) is 5.93. The molecule has 20 heavy (non-hydrogen) atoms. The van der Waals surface area contributed by atoms with Crippen LogP contribution < -0.4 is 16.8 Å². The lowest BCUT2D eigenvalue weighted by molar-refractivity contribution is 0.00656. The van der Waals surface area contributed by atoms with Gasteiger partial charge in [-0.25, -0.2) is 10.2 Å². The fourth-order valence-corrected chi connectivity index (χ4v) is 0.980. The van der Waals surface area contributed by atoms with E-state index in [4.69, 9.17) is 25.6 Å². The molecule has 0 saturated heterocycles. The molecule has 0 spiro atoms. The van der Waals surface area contributed by atoms with E-state index in [1.165, 1.54) is 0 Å². The molecule has 0 bridgehead atoms. The second-order valence-corrected chi connectivity index (χ2v) is 3.20. The molecule has 0 aliphatic rings. The van der Waals surface area contributed by atoms with Crippen molar-refractivity contribution in [3.8, 4) is 0 Å². The van der Waals surface area contributed by atoms with Crippen LogP contribution in [-0.4, -0.2) is 58.9 Å². The third kappa shape index (κ3) is 14.4. The van der Waals surface area contributed by atoms with Gasteiger partial charge in [-0.3, -0.25) is 5.84 Å². The number of hydrogen-bond acceptors (Lipinski definition) is 8. The number of ether oxygens (including phenoxy) is 4. The quantitative estimate of drug-likeness (QED) is 0.103. The Balaban J connectivity index is 3.06. The molecular weight excluding hydrogens is 272 g/mol. The molecule has 0 unspecified atom stereocenters. The highest BCUT2D eigenvalue weighted by atomic mass is 16.6. The van der Waals surface area contributed by atoms with Crippen molar-refractivity contribution in [2.24, 2.45) is 11.0 Å².